The Balaban J connectivity index is 1.89. The number of rotatable bonds is 3. The van der Waals surface area contributed by atoms with Gasteiger partial charge in [0.15, 0.2) is 0 Å². The molecule has 104 valence electrons. The van der Waals surface area contributed by atoms with Gasteiger partial charge in [-0.15, -0.1) is 0 Å². The van der Waals surface area contributed by atoms with Gasteiger partial charge in [-0.05, 0) is 51.4 Å². The summed E-state index contributed by atoms with van der Waals surface area (Å²) in [6, 6.07) is 0. The Morgan fingerprint density at radius 3 is 2.28 bits per heavy atom. The van der Waals surface area contributed by atoms with Gasteiger partial charge in [0.2, 0.25) is 0 Å². The first kappa shape index (κ1) is 14.0. The van der Waals surface area contributed by atoms with Crippen molar-refractivity contribution in [2.24, 2.45) is 11.3 Å². The molecule has 2 aliphatic rings. The molecule has 1 aliphatic heterocycles. The second-order valence-electron chi connectivity index (χ2n) is 6.94. The molecule has 2 rings (SSSR count). The number of aldehydes is 1. The Kier molecular flexibility index (Phi) is 4.12. The molecule has 1 aliphatic carbocycles. The van der Waals surface area contributed by atoms with E-state index in [1.165, 1.54) is 19.1 Å². The number of piperidine rings is 1. The van der Waals surface area contributed by atoms with Crippen molar-refractivity contribution in [3.8, 4) is 0 Å². The summed E-state index contributed by atoms with van der Waals surface area (Å²) >= 11 is 0. The van der Waals surface area contributed by atoms with Gasteiger partial charge in [0.05, 0.1) is 5.60 Å². The van der Waals surface area contributed by atoms with Crippen LogP contribution in [0.15, 0.2) is 0 Å². The maximum Gasteiger partial charge on any atom is 0.127 e. The molecule has 1 heterocycles. The summed E-state index contributed by atoms with van der Waals surface area (Å²) in [5.41, 5.74) is -0.596. The van der Waals surface area contributed by atoms with E-state index in [1.54, 1.807) is 0 Å². The Hall–Kier alpha value is -0.410. The van der Waals surface area contributed by atoms with Gasteiger partial charge in [-0.25, -0.2) is 0 Å². The summed E-state index contributed by atoms with van der Waals surface area (Å²) < 4.78 is 0. The molecule has 0 atom stereocenters. The number of nitrogens with zero attached hydrogens (tertiary/aromatic N) is 1. The zero-order valence-electron chi connectivity index (χ0n) is 11.8. The van der Waals surface area contributed by atoms with E-state index in [4.69, 9.17) is 0 Å². The lowest BCUT2D eigenvalue weighted by Gasteiger charge is -2.42. The molecule has 1 saturated heterocycles. The zero-order chi connectivity index (χ0) is 13.2. The van der Waals surface area contributed by atoms with Crippen LogP contribution in [0.2, 0.25) is 0 Å². The second-order valence-corrected chi connectivity index (χ2v) is 6.94. The van der Waals surface area contributed by atoms with Gasteiger partial charge < -0.3 is 14.8 Å². The molecule has 0 aromatic carbocycles. The predicted molar refractivity (Wildman–Crippen MR) is 72.4 cm³/mol. The highest BCUT2D eigenvalue weighted by Crippen LogP contribution is 2.38. The number of likely N-dealkylation sites (tertiary alicyclic amines) is 1. The lowest BCUT2D eigenvalue weighted by molar-refractivity contribution is -0.120. The molecule has 0 amide bonds. The Labute approximate surface area is 111 Å². The summed E-state index contributed by atoms with van der Waals surface area (Å²) in [6.45, 7) is 6.96. The lowest BCUT2D eigenvalue weighted by atomic mass is 9.71. The van der Waals surface area contributed by atoms with Gasteiger partial charge in [0.25, 0.3) is 0 Å². The molecule has 18 heavy (non-hydrogen) atoms. The van der Waals surface area contributed by atoms with Crippen molar-refractivity contribution in [1.29, 1.82) is 0 Å². The molecule has 1 saturated carbocycles. The number of hydrogen-bond acceptors (Lipinski definition) is 3. The maximum atomic E-state index is 11.5. The van der Waals surface area contributed by atoms with Gasteiger partial charge in [0.1, 0.15) is 6.29 Å². The van der Waals surface area contributed by atoms with E-state index in [0.717, 1.165) is 51.2 Å². The van der Waals surface area contributed by atoms with E-state index in [0.29, 0.717) is 0 Å². The lowest BCUT2D eigenvalue weighted by Crippen LogP contribution is -2.48. The van der Waals surface area contributed by atoms with E-state index < -0.39 is 5.60 Å². The largest absolute Gasteiger partial charge is 0.390 e. The molecule has 3 nitrogen and oxygen atoms in total. The van der Waals surface area contributed by atoms with Crippen LogP contribution in [0.25, 0.3) is 0 Å². The van der Waals surface area contributed by atoms with Crippen LogP contribution in [0.5, 0.6) is 0 Å². The van der Waals surface area contributed by atoms with Gasteiger partial charge in [-0.2, -0.15) is 0 Å². The van der Waals surface area contributed by atoms with Crippen LogP contribution in [-0.2, 0) is 4.79 Å². The molecule has 0 unspecified atom stereocenters. The highest BCUT2D eigenvalue weighted by Gasteiger charge is 2.37. The average molecular weight is 253 g/mol. The van der Waals surface area contributed by atoms with Crippen LogP contribution >= 0.6 is 0 Å². The van der Waals surface area contributed by atoms with Crippen LogP contribution in [0.3, 0.4) is 0 Å². The SMILES string of the molecule is CC1CCC(C=O)(CN2CCC(C)(O)CC2)CC1. The molecule has 0 bridgehead atoms. The van der Waals surface area contributed by atoms with E-state index in [9.17, 15) is 9.90 Å². The average Bonchev–Trinajstić information content (AvgIpc) is 2.35. The van der Waals surface area contributed by atoms with Crippen molar-refractivity contribution >= 4 is 6.29 Å². The topological polar surface area (TPSA) is 40.5 Å². The first-order valence-electron chi connectivity index (χ1n) is 7.36. The molecule has 0 aromatic heterocycles. The van der Waals surface area contributed by atoms with E-state index in [-0.39, 0.29) is 5.41 Å². The fourth-order valence-corrected chi connectivity index (χ4v) is 3.29. The third-order valence-electron chi connectivity index (χ3n) is 4.99. The van der Waals surface area contributed by atoms with Gasteiger partial charge >= 0.3 is 0 Å². The fraction of sp³-hybridized carbons (Fsp3) is 0.933. The van der Waals surface area contributed by atoms with E-state index >= 15 is 0 Å². The molecule has 0 spiro atoms. The van der Waals surface area contributed by atoms with Gasteiger partial charge in [-0.1, -0.05) is 6.92 Å². The highest BCUT2D eigenvalue weighted by molar-refractivity contribution is 5.60. The summed E-state index contributed by atoms with van der Waals surface area (Å²) in [5.74, 6) is 0.778. The van der Waals surface area contributed by atoms with Crippen LogP contribution < -0.4 is 0 Å². The third kappa shape index (κ3) is 3.33. The number of carbonyl (C=O) groups is 1. The Bertz CT molecular complexity index is 283. The van der Waals surface area contributed by atoms with Crippen molar-refractivity contribution in [3.05, 3.63) is 0 Å². The smallest absolute Gasteiger partial charge is 0.127 e. The molecule has 0 radical (unpaired) electrons. The fourth-order valence-electron chi connectivity index (χ4n) is 3.29. The summed E-state index contributed by atoms with van der Waals surface area (Å²) in [5, 5.41) is 9.96. The number of aliphatic hydroxyl groups is 1. The summed E-state index contributed by atoms with van der Waals surface area (Å²) in [6.07, 6.45) is 7.34. The molecule has 3 heteroatoms. The first-order chi connectivity index (χ1) is 8.45. The Morgan fingerprint density at radius 1 is 1.22 bits per heavy atom. The standard InChI is InChI=1S/C15H27NO2/c1-13-3-5-15(12-17,6-4-13)11-16-9-7-14(2,18)8-10-16/h12-13,18H,3-11H2,1-2H3. The van der Waals surface area contributed by atoms with Crippen molar-refractivity contribution in [2.45, 2.75) is 58.0 Å². The summed E-state index contributed by atoms with van der Waals surface area (Å²) in [4.78, 5) is 13.9. The number of hydrogen-bond donors (Lipinski definition) is 1. The van der Waals surface area contributed by atoms with Crippen molar-refractivity contribution in [1.82, 2.24) is 4.90 Å². The molecular weight excluding hydrogens is 226 g/mol. The van der Waals surface area contributed by atoms with Crippen molar-refractivity contribution in [2.75, 3.05) is 19.6 Å². The van der Waals surface area contributed by atoms with Crippen LogP contribution in [0.1, 0.15) is 52.4 Å². The van der Waals surface area contributed by atoms with Crippen LogP contribution in [0, 0.1) is 11.3 Å². The zero-order valence-corrected chi connectivity index (χ0v) is 11.8. The normalized spacial score (nSPS) is 37.4. The molecule has 2 fully saturated rings. The van der Waals surface area contributed by atoms with Crippen LogP contribution in [-0.4, -0.2) is 41.5 Å². The number of carbonyl (C=O) groups excluding carboxylic acids is 1. The van der Waals surface area contributed by atoms with E-state index in [1.807, 2.05) is 6.92 Å². The maximum absolute atomic E-state index is 11.5. The minimum atomic E-state index is -0.494. The minimum Gasteiger partial charge on any atom is -0.390 e. The van der Waals surface area contributed by atoms with Gasteiger partial charge in [-0.3, -0.25) is 0 Å². The first-order valence-corrected chi connectivity index (χ1v) is 7.36. The third-order valence-corrected chi connectivity index (χ3v) is 4.99. The van der Waals surface area contributed by atoms with Gasteiger partial charge in [0, 0.05) is 25.0 Å². The van der Waals surface area contributed by atoms with Crippen LogP contribution in [0.4, 0.5) is 0 Å². The molecular formula is C15H27NO2. The quantitative estimate of drug-likeness (QED) is 0.784. The summed E-state index contributed by atoms with van der Waals surface area (Å²) in [7, 11) is 0. The highest BCUT2D eigenvalue weighted by atomic mass is 16.3. The molecule has 1 N–H and O–H groups in total. The van der Waals surface area contributed by atoms with Crippen molar-refractivity contribution < 1.29 is 9.90 Å². The monoisotopic (exact) mass is 253 g/mol. The molecule has 0 aromatic rings. The minimum absolute atomic E-state index is 0.101. The predicted octanol–water partition coefficient (Wildman–Crippen LogP) is 2.23. The van der Waals surface area contributed by atoms with E-state index in [2.05, 4.69) is 11.8 Å². The second kappa shape index (κ2) is 5.30. The van der Waals surface area contributed by atoms with Crippen molar-refractivity contribution in [3.63, 3.8) is 0 Å². The Morgan fingerprint density at radius 2 is 1.78 bits per heavy atom.